The highest BCUT2D eigenvalue weighted by atomic mass is 16.5. The van der Waals surface area contributed by atoms with Crippen LogP contribution in [0.2, 0.25) is 0 Å². The second kappa shape index (κ2) is 6.59. The molecule has 0 aliphatic heterocycles. The molecule has 0 aliphatic rings. The average molecular weight is 255 g/mol. The van der Waals surface area contributed by atoms with Crippen molar-refractivity contribution >= 4 is 5.91 Å². The molecule has 0 bridgehead atoms. The molecule has 0 aromatic heterocycles. The Kier molecular flexibility index (Phi) is 4.56. The lowest BCUT2D eigenvalue weighted by Gasteiger charge is -2.11. The highest BCUT2D eigenvalue weighted by Gasteiger charge is 2.04. The van der Waals surface area contributed by atoms with E-state index >= 15 is 0 Å². The Labute approximate surface area is 113 Å². The van der Waals surface area contributed by atoms with E-state index in [1.54, 1.807) is 0 Å². The smallest absolute Gasteiger partial charge is 0.216 e. The number of amides is 1. The third kappa shape index (κ3) is 3.85. The van der Waals surface area contributed by atoms with Gasteiger partial charge in [-0.3, -0.25) is 4.79 Å². The largest absolute Gasteiger partial charge is 0.491 e. The van der Waals surface area contributed by atoms with E-state index in [4.69, 9.17) is 4.74 Å². The van der Waals surface area contributed by atoms with E-state index in [1.807, 2.05) is 42.5 Å². The zero-order valence-electron chi connectivity index (χ0n) is 10.9. The van der Waals surface area contributed by atoms with Gasteiger partial charge in [-0.05, 0) is 11.6 Å². The van der Waals surface area contributed by atoms with Crippen molar-refractivity contribution in [1.29, 1.82) is 0 Å². The SMILES string of the molecule is CC(=O)NCCOc1ccccc1-c1ccccc1. The summed E-state index contributed by atoms with van der Waals surface area (Å²) in [5.74, 6) is 0.791. The number of ether oxygens (including phenoxy) is 1. The Morgan fingerprint density at radius 3 is 2.47 bits per heavy atom. The first-order valence-corrected chi connectivity index (χ1v) is 6.29. The van der Waals surface area contributed by atoms with Gasteiger partial charge in [-0.25, -0.2) is 0 Å². The summed E-state index contributed by atoms with van der Waals surface area (Å²) in [6.45, 7) is 2.47. The zero-order valence-corrected chi connectivity index (χ0v) is 10.9. The summed E-state index contributed by atoms with van der Waals surface area (Å²) >= 11 is 0. The molecule has 0 aliphatic carbocycles. The van der Waals surface area contributed by atoms with Gasteiger partial charge < -0.3 is 10.1 Å². The lowest BCUT2D eigenvalue weighted by molar-refractivity contribution is -0.119. The Bertz CT molecular complexity index is 537. The molecule has 1 N–H and O–H groups in total. The van der Waals surface area contributed by atoms with Gasteiger partial charge in [0, 0.05) is 12.5 Å². The van der Waals surface area contributed by atoms with Gasteiger partial charge in [0.05, 0.1) is 6.54 Å². The van der Waals surface area contributed by atoms with E-state index < -0.39 is 0 Å². The first-order valence-electron chi connectivity index (χ1n) is 6.29. The summed E-state index contributed by atoms with van der Waals surface area (Å²) in [7, 11) is 0. The lowest BCUT2D eigenvalue weighted by atomic mass is 10.1. The molecule has 1 amide bonds. The number of benzene rings is 2. The van der Waals surface area contributed by atoms with Gasteiger partial charge in [0.2, 0.25) is 5.91 Å². The maximum atomic E-state index is 10.8. The molecule has 19 heavy (non-hydrogen) atoms. The zero-order chi connectivity index (χ0) is 13.5. The van der Waals surface area contributed by atoms with Crippen LogP contribution >= 0.6 is 0 Å². The first-order chi connectivity index (χ1) is 9.27. The van der Waals surface area contributed by atoms with Crippen LogP contribution in [0.1, 0.15) is 6.92 Å². The van der Waals surface area contributed by atoms with E-state index in [-0.39, 0.29) is 5.91 Å². The molecule has 0 saturated carbocycles. The van der Waals surface area contributed by atoms with Crippen LogP contribution in [0, 0.1) is 0 Å². The van der Waals surface area contributed by atoms with Crippen LogP contribution in [-0.4, -0.2) is 19.1 Å². The molecule has 2 aromatic carbocycles. The van der Waals surface area contributed by atoms with Gasteiger partial charge in [-0.2, -0.15) is 0 Å². The third-order valence-corrected chi connectivity index (χ3v) is 2.71. The van der Waals surface area contributed by atoms with Gasteiger partial charge in [0.1, 0.15) is 12.4 Å². The van der Waals surface area contributed by atoms with Crippen LogP contribution in [0.3, 0.4) is 0 Å². The predicted molar refractivity (Wildman–Crippen MR) is 76.1 cm³/mol. The van der Waals surface area contributed by atoms with Crippen LogP contribution < -0.4 is 10.1 Å². The molecular formula is C16H17NO2. The molecule has 2 rings (SSSR count). The van der Waals surface area contributed by atoms with Gasteiger partial charge in [0.15, 0.2) is 0 Å². The van der Waals surface area contributed by atoms with Crippen molar-refractivity contribution in [2.24, 2.45) is 0 Å². The minimum absolute atomic E-state index is 0.0417. The molecule has 0 fully saturated rings. The maximum absolute atomic E-state index is 10.8. The molecule has 0 saturated heterocycles. The molecular weight excluding hydrogens is 238 g/mol. The topological polar surface area (TPSA) is 38.3 Å². The van der Waals surface area contributed by atoms with Crippen molar-refractivity contribution in [3.8, 4) is 16.9 Å². The molecule has 0 unspecified atom stereocenters. The van der Waals surface area contributed by atoms with Crippen molar-refractivity contribution in [3.63, 3.8) is 0 Å². The Morgan fingerprint density at radius 2 is 1.74 bits per heavy atom. The van der Waals surface area contributed by atoms with Gasteiger partial charge in [0.25, 0.3) is 0 Å². The second-order valence-corrected chi connectivity index (χ2v) is 4.19. The van der Waals surface area contributed by atoms with E-state index in [9.17, 15) is 4.79 Å². The van der Waals surface area contributed by atoms with Crippen LogP contribution in [-0.2, 0) is 4.79 Å². The van der Waals surface area contributed by atoms with Crippen LogP contribution in [0.25, 0.3) is 11.1 Å². The standard InChI is InChI=1S/C16H17NO2/c1-13(18)17-11-12-19-16-10-6-5-9-15(16)14-7-3-2-4-8-14/h2-10H,11-12H2,1H3,(H,17,18). The van der Waals surface area contributed by atoms with E-state index in [0.717, 1.165) is 16.9 Å². The normalized spacial score (nSPS) is 9.95. The number of carbonyl (C=O) groups excluding carboxylic acids is 1. The lowest BCUT2D eigenvalue weighted by Crippen LogP contribution is -2.25. The van der Waals surface area contributed by atoms with E-state index in [0.29, 0.717) is 13.2 Å². The molecule has 0 heterocycles. The summed E-state index contributed by atoms with van der Waals surface area (Å²) in [5, 5.41) is 2.71. The van der Waals surface area contributed by atoms with Crippen molar-refractivity contribution in [2.45, 2.75) is 6.92 Å². The van der Waals surface area contributed by atoms with Gasteiger partial charge in [-0.15, -0.1) is 0 Å². The number of nitrogens with one attached hydrogen (secondary N) is 1. The van der Waals surface area contributed by atoms with E-state index in [2.05, 4.69) is 17.4 Å². The minimum atomic E-state index is -0.0417. The van der Waals surface area contributed by atoms with Crippen LogP contribution in [0.5, 0.6) is 5.75 Å². The number of hydrogen-bond donors (Lipinski definition) is 1. The summed E-state index contributed by atoms with van der Waals surface area (Å²) in [6.07, 6.45) is 0. The summed E-state index contributed by atoms with van der Waals surface area (Å²) < 4.78 is 5.73. The summed E-state index contributed by atoms with van der Waals surface area (Å²) in [4.78, 5) is 10.8. The predicted octanol–water partition coefficient (Wildman–Crippen LogP) is 2.87. The molecule has 0 radical (unpaired) electrons. The van der Waals surface area contributed by atoms with Crippen molar-refractivity contribution in [2.75, 3.05) is 13.2 Å². The fourth-order valence-corrected chi connectivity index (χ4v) is 1.84. The van der Waals surface area contributed by atoms with Crippen LogP contribution in [0.4, 0.5) is 0 Å². The second-order valence-electron chi connectivity index (χ2n) is 4.19. The first kappa shape index (κ1) is 13.1. The molecule has 3 nitrogen and oxygen atoms in total. The van der Waals surface area contributed by atoms with Crippen LogP contribution in [0.15, 0.2) is 54.6 Å². The van der Waals surface area contributed by atoms with Gasteiger partial charge >= 0.3 is 0 Å². The average Bonchev–Trinajstić information content (AvgIpc) is 2.45. The number of carbonyl (C=O) groups is 1. The highest BCUT2D eigenvalue weighted by Crippen LogP contribution is 2.29. The number of rotatable bonds is 5. The molecule has 98 valence electrons. The highest BCUT2D eigenvalue weighted by molar-refractivity contribution is 5.72. The maximum Gasteiger partial charge on any atom is 0.216 e. The Hall–Kier alpha value is -2.29. The van der Waals surface area contributed by atoms with Gasteiger partial charge in [-0.1, -0.05) is 48.5 Å². The van der Waals surface area contributed by atoms with Crippen molar-refractivity contribution in [1.82, 2.24) is 5.32 Å². The molecule has 0 atom stereocenters. The summed E-state index contributed by atoms with van der Waals surface area (Å²) in [5.41, 5.74) is 2.18. The number of hydrogen-bond acceptors (Lipinski definition) is 2. The Balaban J connectivity index is 2.07. The molecule has 2 aromatic rings. The Morgan fingerprint density at radius 1 is 1.05 bits per heavy atom. The fraction of sp³-hybridized carbons (Fsp3) is 0.188. The molecule has 3 heteroatoms. The quantitative estimate of drug-likeness (QED) is 0.834. The monoisotopic (exact) mass is 255 g/mol. The molecule has 0 spiro atoms. The summed E-state index contributed by atoms with van der Waals surface area (Å²) in [6, 6.07) is 18.0. The third-order valence-electron chi connectivity index (χ3n) is 2.71. The fourth-order valence-electron chi connectivity index (χ4n) is 1.84. The van der Waals surface area contributed by atoms with Crippen molar-refractivity contribution < 1.29 is 9.53 Å². The number of para-hydroxylation sites is 1. The minimum Gasteiger partial charge on any atom is -0.491 e. The van der Waals surface area contributed by atoms with Crippen molar-refractivity contribution in [3.05, 3.63) is 54.6 Å². The van der Waals surface area contributed by atoms with E-state index in [1.165, 1.54) is 6.92 Å².